The largest absolute Gasteiger partial charge is 0.481 e. The summed E-state index contributed by atoms with van der Waals surface area (Å²) in [6.45, 7) is 0.427. The minimum Gasteiger partial charge on any atom is -0.481 e. The molecule has 3 amide bonds. The number of carboxylic acids is 1. The number of fused-ring (bicyclic) bond motifs is 1. The first-order chi connectivity index (χ1) is 17.9. The summed E-state index contributed by atoms with van der Waals surface area (Å²) < 4.78 is 0. The van der Waals surface area contributed by atoms with Gasteiger partial charge in [-0.3, -0.25) is 19.2 Å². The number of nitrogens with zero attached hydrogens (tertiary/aromatic N) is 1. The number of benzene rings is 2. The van der Waals surface area contributed by atoms with Crippen molar-refractivity contribution in [2.24, 2.45) is 11.8 Å². The van der Waals surface area contributed by atoms with Gasteiger partial charge >= 0.3 is 5.97 Å². The number of aliphatic hydroxyl groups is 1. The first kappa shape index (κ1) is 26.3. The second-order valence-electron chi connectivity index (χ2n) is 9.57. The molecule has 2 unspecified atom stereocenters. The third-order valence-corrected chi connectivity index (χ3v) is 7.37. The number of aliphatic hydroxyl groups excluding tert-OH is 1. The normalized spacial score (nSPS) is 21.0. The van der Waals surface area contributed by atoms with Crippen LogP contribution in [0.3, 0.4) is 0 Å². The molecule has 2 aromatic carbocycles. The standard InChI is InChI=1S/C28H33N3O6/c32-16-14-29-25(33)20-9-3-4-10-21(20)26(34)30-17-24-19-8-2-1-7-18(19)13-15-31(24)27(35)22-11-5-6-12-23(22)28(36)37/h1-4,7-10,22-24,32H,5-6,11-17H2,(H,29,33)(H,30,34)(H,36,37)/t22?,23?,24-/m1/s1. The fourth-order valence-electron chi connectivity index (χ4n) is 5.50. The van der Waals surface area contributed by atoms with E-state index in [4.69, 9.17) is 5.11 Å². The van der Waals surface area contributed by atoms with Gasteiger partial charge in [0.1, 0.15) is 0 Å². The van der Waals surface area contributed by atoms with Crippen molar-refractivity contribution < 1.29 is 29.4 Å². The lowest BCUT2D eigenvalue weighted by Gasteiger charge is -2.41. The SMILES string of the molecule is O=C(NCCO)c1ccccc1C(=O)NC[C@@H]1c2ccccc2CCN1C(=O)C1CCCCC1C(=O)O. The van der Waals surface area contributed by atoms with Crippen LogP contribution in [0.2, 0.25) is 0 Å². The molecule has 1 saturated carbocycles. The molecule has 0 radical (unpaired) electrons. The molecule has 2 aromatic rings. The smallest absolute Gasteiger partial charge is 0.307 e. The summed E-state index contributed by atoms with van der Waals surface area (Å²) >= 11 is 0. The van der Waals surface area contributed by atoms with E-state index in [9.17, 15) is 24.3 Å². The van der Waals surface area contributed by atoms with Gasteiger partial charge < -0.3 is 25.7 Å². The van der Waals surface area contributed by atoms with E-state index < -0.39 is 35.7 Å². The zero-order valence-electron chi connectivity index (χ0n) is 20.7. The number of hydrogen-bond donors (Lipinski definition) is 4. The van der Waals surface area contributed by atoms with Crippen LogP contribution in [0.1, 0.15) is 63.6 Å². The second kappa shape index (κ2) is 12.0. The van der Waals surface area contributed by atoms with Gasteiger partial charge in [-0.15, -0.1) is 0 Å². The minimum absolute atomic E-state index is 0.0726. The van der Waals surface area contributed by atoms with E-state index in [1.807, 2.05) is 24.3 Å². The highest BCUT2D eigenvalue weighted by Gasteiger charge is 2.41. The predicted molar refractivity (Wildman–Crippen MR) is 136 cm³/mol. The molecule has 0 aromatic heterocycles. The quantitative estimate of drug-likeness (QED) is 0.432. The average Bonchev–Trinajstić information content (AvgIpc) is 2.93. The highest BCUT2D eigenvalue weighted by molar-refractivity contribution is 6.07. The third-order valence-electron chi connectivity index (χ3n) is 7.37. The van der Waals surface area contributed by atoms with Crippen LogP contribution < -0.4 is 10.6 Å². The number of carbonyl (C=O) groups excluding carboxylic acids is 3. The fourth-order valence-corrected chi connectivity index (χ4v) is 5.50. The maximum Gasteiger partial charge on any atom is 0.307 e. The Morgan fingerprint density at radius 1 is 0.865 bits per heavy atom. The Hall–Kier alpha value is -3.72. The molecule has 4 rings (SSSR count). The van der Waals surface area contributed by atoms with Crippen LogP contribution in [0.5, 0.6) is 0 Å². The summed E-state index contributed by atoms with van der Waals surface area (Å²) in [5.74, 6) is -3.30. The number of aliphatic carboxylic acids is 1. The Bertz CT molecular complexity index is 1170. The van der Waals surface area contributed by atoms with Crippen LogP contribution in [0.25, 0.3) is 0 Å². The zero-order valence-corrected chi connectivity index (χ0v) is 20.7. The molecule has 0 bridgehead atoms. The minimum atomic E-state index is -0.934. The maximum absolute atomic E-state index is 13.7. The molecular formula is C28H33N3O6. The molecule has 9 nitrogen and oxygen atoms in total. The van der Waals surface area contributed by atoms with E-state index >= 15 is 0 Å². The Morgan fingerprint density at radius 2 is 1.49 bits per heavy atom. The fraction of sp³-hybridized carbons (Fsp3) is 0.429. The highest BCUT2D eigenvalue weighted by atomic mass is 16.4. The summed E-state index contributed by atoms with van der Waals surface area (Å²) in [4.78, 5) is 53.0. The van der Waals surface area contributed by atoms with Gasteiger partial charge in [0.25, 0.3) is 11.8 Å². The van der Waals surface area contributed by atoms with Crippen molar-refractivity contribution in [3.8, 4) is 0 Å². The molecule has 37 heavy (non-hydrogen) atoms. The van der Waals surface area contributed by atoms with Crippen LogP contribution in [0.4, 0.5) is 0 Å². The number of carboxylic acid groups (broad SMARTS) is 1. The molecule has 1 heterocycles. The number of rotatable bonds is 8. The van der Waals surface area contributed by atoms with Gasteiger partial charge in [0, 0.05) is 19.6 Å². The van der Waals surface area contributed by atoms with Crippen LogP contribution in [-0.4, -0.2) is 65.0 Å². The van der Waals surface area contributed by atoms with Gasteiger partial charge in [-0.05, 0) is 42.5 Å². The lowest BCUT2D eigenvalue weighted by molar-refractivity contribution is -0.153. The molecule has 3 atom stereocenters. The van der Waals surface area contributed by atoms with E-state index in [0.29, 0.717) is 25.8 Å². The second-order valence-corrected chi connectivity index (χ2v) is 9.57. The third kappa shape index (κ3) is 5.83. The van der Waals surface area contributed by atoms with Crippen molar-refractivity contribution in [3.63, 3.8) is 0 Å². The first-order valence-electron chi connectivity index (χ1n) is 12.8. The lowest BCUT2D eigenvalue weighted by atomic mass is 9.77. The predicted octanol–water partition coefficient (Wildman–Crippen LogP) is 2.16. The number of hydrogen-bond acceptors (Lipinski definition) is 5. The monoisotopic (exact) mass is 507 g/mol. The molecule has 0 saturated heterocycles. The topological polar surface area (TPSA) is 136 Å². The molecule has 2 aliphatic rings. The van der Waals surface area contributed by atoms with Gasteiger partial charge in [0.05, 0.1) is 35.6 Å². The molecular weight excluding hydrogens is 474 g/mol. The average molecular weight is 508 g/mol. The van der Waals surface area contributed by atoms with Gasteiger partial charge in [-0.25, -0.2) is 0 Å². The molecule has 1 fully saturated rings. The summed E-state index contributed by atoms with van der Waals surface area (Å²) in [6.07, 6.45) is 3.32. The highest BCUT2D eigenvalue weighted by Crippen LogP contribution is 2.36. The van der Waals surface area contributed by atoms with E-state index in [2.05, 4.69) is 10.6 Å². The van der Waals surface area contributed by atoms with Gasteiger partial charge in [-0.1, -0.05) is 49.2 Å². The molecule has 9 heteroatoms. The zero-order chi connectivity index (χ0) is 26.4. The lowest BCUT2D eigenvalue weighted by Crippen LogP contribution is -2.49. The summed E-state index contributed by atoms with van der Waals surface area (Å²) in [6, 6.07) is 13.8. The van der Waals surface area contributed by atoms with Crippen molar-refractivity contribution in [2.75, 3.05) is 26.2 Å². The van der Waals surface area contributed by atoms with Crippen LogP contribution in [-0.2, 0) is 16.0 Å². The summed E-state index contributed by atoms with van der Waals surface area (Å²) in [7, 11) is 0. The van der Waals surface area contributed by atoms with Gasteiger partial charge in [-0.2, -0.15) is 0 Å². The van der Waals surface area contributed by atoms with Crippen LogP contribution in [0, 0.1) is 11.8 Å². The Kier molecular flexibility index (Phi) is 8.55. The summed E-state index contributed by atoms with van der Waals surface area (Å²) in [5.41, 5.74) is 2.40. The molecule has 196 valence electrons. The number of nitrogens with one attached hydrogen (secondary N) is 2. The Morgan fingerprint density at radius 3 is 2.16 bits per heavy atom. The molecule has 1 aliphatic carbocycles. The van der Waals surface area contributed by atoms with E-state index in [1.165, 1.54) is 0 Å². The van der Waals surface area contributed by atoms with E-state index in [1.54, 1.807) is 29.2 Å². The number of amides is 3. The molecule has 1 aliphatic heterocycles. The van der Waals surface area contributed by atoms with Crippen LogP contribution >= 0.6 is 0 Å². The Labute approximate surface area is 215 Å². The maximum atomic E-state index is 13.7. The van der Waals surface area contributed by atoms with Crippen molar-refractivity contribution in [1.29, 1.82) is 0 Å². The molecule has 0 spiro atoms. The Balaban J connectivity index is 1.56. The number of carbonyl (C=O) groups is 4. The van der Waals surface area contributed by atoms with Crippen molar-refractivity contribution in [2.45, 2.75) is 38.1 Å². The molecule has 4 N–H and O–H groups in total. The van der Waals surface area contributed by atoms with Crippen molar-refractivity contribution in [3.05, 3.63) is 70.8 Å². The van der Waals surface area contributed by atoms with E-state index in [0.717, 1.165) is 24.0 Å². The van der Waals surface area contributed by atoms with Gasteiger partial charge in [0.15, 0.2) is 0 Å². The van der Waals surface area contributed by atoms with Gasteiger partial charge in [0.2, 0.25) is 5.91 Å². The van der Waals surface area contributed by atoms with Crippen LogP contribution in [0.15, 0.2) is 48.5 Å². The first-order valence-corrected chi connectivity index (χ1v) is 12.8. The van der Waals surface area contributed by atoms with Crippen molar-refractivity contribution >= 4 is 23.7 Å². The summed E-state index contributed by atoms with van der Waals surface area (Å²) in [5, 5.41) is 24.2. The van der Waals surface area contributed by atoms with Crippen molar-refractivity contribution in [1.82, 2.24) is 15.5 Å². The van der Waals surface area contributed by atoms with E-state index in [-0.39, 0.29) is 36.7 Å².